The molecule has 1 aromatic rings. The fraction of sp³-hybridized carbons (Fsp3) is 0.500. The highest BCUT2D eigenvalue weighted by Crippen LogP contribution is 2.38. The number of rotatable bonds is 5. The van der Waals surface area contributed by atoms with Gasteiger partial charge in [-0.1, -0.05) is 45.4 Å². The molecule has 0 aromatic heterocycles. The molecule has 1 aliphatic carbocycles. The number of hydrogen-bond acceptors (Lipinski definition) is 3. The summed E-state index contributed by atoms with van der Waals surface area (Å²) < 4.78 is 27.7. The van der Waals surface area contributed by atoms with Gasteiger partial charge in [0.15, 0.2) is 0 Å². The van der Waals surface area contributed by atoms with Crippen molar-refractivity contribution < 1.29 is 8.42 Å². The standard InChI is InChI=1S/C12H15IN4O2S/c1-9-2-4-11(5-3-9)20(18,19)15-10-6-12(7-10,8-13)16-17-14/h2-5,10,15H,6-8H2,1H3. The number of alkyl halides is 1. The predicted molar refractivity (Wildman–Crippen MR) is 85.3 cm³/mol. The van der Waals surface area contributed by atoms with Crippen LogP contribution in [0.2, 0.25) is 0 Å². The van der Waals surface area contributed by atoms with E-state index in [1.165, 1.54) is 0 Å². The third-order valence-corrected chi connectivity index (χ3v) is 6.37. The van der Waals surface area contributed by atoms with Crippen molar-refractivity contribution in [2.45, 2.75) is 36.2 Å². The normalized spacial score (nSPS) is 25.6. The van der Waals surface area contributed by atoms with Gasteiger partial charge in [0.2, 0.25) is 10.0 Å². The van der Waals surface area contributed by atoms with E-state index in [9.17, 15) is 8.42 Å². The van der Waals surface area contributed by atoms with E-state index in [-0.39, 0.29) is 10.9 Å². The summed E-state index contributed by atoms with van der Waals surface area (Å²) in [5.41, 5.74) is 9.12. The van der Waals surface area contributed by atoms with Crippen LogP contribution in [0.15, 0.2) is 34.3 Å². The third kappa shape index (κ3) is 3.25. The maximum absolute atomic E-state index is 12.2. The summed E-state index contributed by atoms with van der Waals surface area (Å²) in [6, 6.07) is 6.56. The molecule has 1 N–H and O–H groups in total. The summed E-state index contributed by atoms with van der Waals surface area (Å²) >= 11 is 2.16. The van der Waals surface area contributed by atoms with Crippen LogP contribution >= 0.6 is 22.6 Å². The molecule has 0 saturated heterocycles. The molecule has 0 amide bonds. The summed E-state index contributed by atoms with van der Waals surface area (Å²) in [6.07, 6.45) is 1.09. The minimum Gasteiger partial charge on any atom is -0.208 e. The Hall–Kier alpha value is -0.830. The van der Waals surface area contributed by atoms with E-state index in [1.807, 2.05) is 6.92 Å². The fourth-order valence-corrected chi connectivity index (χ4v) is 4.27. The smallest absolute Gasteiger partial charge is 0.208 e. The second kappa shape index (κ2) is 5.88. The lowest BCUT2D eigenvalue weighted by Gasteiger charge is -2.43. The van der Waals surface area contributed by atoms with Gasteiger partial charge in [0.25, 0.3) is 0 Å². The monoisotopic (exact) mass is 406 g/mol. The van der Waals surface area contributed by atoms with Crippen molar-refractivity contribution in [3.63, 3.8) is 0 Å². The molecule has 0 atom stereocenters. The molecular formula is C12H15IN4O2S. The van der Waals surface area contributed by atoms with E-state index in [2.05, 4.69) is 37.3 Å². The largest absolute Gasteiger partial charge is 0.240 e. The van der Waals surface area contributed by atoms with Gasteiger partial charge < -0.3 is 0 Å². The summed E-state index contributed by atoms with van der Waals surface area (Å²) in [5, 5.41) is 3.78. The molecular weight excluding hydrogens is 391 g/mol. The van der Waals surface area contributed by atoms with Gasteiger partial charge in [-0.15, -0.1) is 0 Å². The van der Waals surface area contributed by atoms with Gasteiger partial charge in [-0.05, 0) is 37.4 Å². The molecule has 0 unspecified atom stereocenters. The maximum atomic E-state index is 12.2. The van der Waals surface area contributed by atoms with E-state index in [1.54, 1.807) is 24.3 Å². The molecule has 1 aromatic carbocycles. The van der Waals surface area contributed by atoms with Crippen molar-refractivity contribution in [2.24, 2.45) is 5.11 Å². The van der Waals surface area contributed by atoms with Crippen molar-refractivity contribution in [1.82, 2.24) is 4.72 Å². The first-order chi connectivity index (χ1) is 9.41. The molecule has 0 bridgehead atoms. The van der Waals surface area contributed by atoms with Crippen LogP contribution in [0.1, 0.15) is 18.4 Å². The van der Waals surface area contributed by atoms with E-state index in [0.717, 1.165) is 5.56 Å². The second-order valence-corrected chi connectivity index (χ2v) is 7.56. The number of benzene rings is 1. The summed E-state index contributed by atoms with van der Waals surface area (Å²) in [5.74, 6) is 0. The Morgan fingerprint density at radius 2 is 2.05 bits per heavy atom. The molecule has 2 rings (SSSR count). The first-order valence-corrected chi connectivity index (χ1v) is 9.13. The number of nitrogens with one attached hydrogen (secondary N) is 1. The van der Waals surface area contributed by atoms with Crippen LogP contribution in [0.4, 0.5) is 0 Å². The van der Waals surface area contributed by atoms with Crippen molar-refractivity contribution in [1.29, 1.82) is 0 Å². The maximum Gasteiger partial charge on any atom is 0.240 e. The Morgan fingerprint density at radius 3 is 2.55 bits per heavy atom. The van der Waals surface area contributed by atoms with Crippen LogP contribution in [0.3, 0.4) is 0 Å². The molecule has 0 radical (unpaired) electrons. The Balaban J connectivity index is 2.05. The zero-order valence-electron chi connectivity index (χ0n) is 11.0. The topological polar surface area (TPSA) is 94.9 Å². The average molecular weight is 406 g/mol. The van der Waals surface area contributed by atoms with Gasteiger partial charge in [-0.3, -0.25) is 0 Å². The van der Waals surface area contributed by atoms with Crippen molar-refractivity contribution >= 4 is 32.6 Å². The zero-order chi connectivity index (χ0) is 14.8. The first kappa shape index (κ1) is 15.6. The molecule has 1 fully saturated rings. The highest BCUT2D eigenvalue weighted by Gasteiger charge is 2.44. The lowest BCUT2D eigenvalue weighted by atomic mass is 9.75. The Labute approximate surface area is 131 Å². The van der Waals surface area contributed by atoms with Crippen LogP contribution in [0.5, 0.6) is 0 Å². The molecule has 6 nitrogen and oxygen atoms in total. The average Bonchev–Trinajstić information content (AvgIpc) is 2.36. The van der Waals surface area contributed by atoms with Gasteiger partial charge in [0, 0.05) is 15.4 Å². The highest BCUT2D eigenvalue weighted by atomic mass is 127. The fourth-order valence-electron chi connectivity index (χ4n) is 2.26. The SMILES string of the molecule is Cc1ccc(S(=O)(=O)NC2CC(CI)(N=[N+]=[N-])C2)cc1. The lowest BCUT2D eigenvalue weighted by molar-refractivity contribution is 0.226. The molecule has 0 spiro atoms. The zero-order valence-corrected chi connectivity index (χ0v) is 13.9. The van der Waals surface area contributed by atoms with Gasteiger partial charge >= 0.3 is 0 Å². The Bertz CT molecular complexity index is 632. The predicted octanol–water partition coefficient (Wildman–Crippen LogP) is 2.92. The first-order valence-electron chi connectivity index (χ1n) is 6.12. The van der Waals surface area contributed by atoms with Crippen LogP contribution in [0.25, 0.3) is 10.4 Å². The number of nitrogens with zero attached hydrogens (tertiary/aromatic N) is 3. The van der Waals surface area contributed by atoms with Gasteiger partial charge in [0.1, 0.15) is 0 Å². The molecule has 8 heteroatoms. The number of aryl methyl sites for hydroxylation is 1. The van der Waals surface area contributed by atoms with Crippen molar-refractivity contribution in [3.05, 3.63) is 40.3 Å². The highest BCUT2D eigenvalue weighted by molar-refractivity contribution is 14.1. The molecule has 1 saturated carbocycles. The summed E-state index contributed by atoms with van der Waals surface area (Å²) in [7, 11) is -3.50. The van der Waals surface area contributed by atoms with Crippen LogP contribution in [0, 0.1) is 6.92 Å². The minimum absolute atomic E-state index is 0.165. The van der Waals surface area contributed by atoms with Gasteiger partial charge in [-0.2, -0.15) is 0 Å². The second-order valence-electron chi connectivity index (χ2n) is 5.09. The van der Waals surface area contributed by atoms with Gasteiger partial charge in [0.05, 0.1) is 10.4 Å². The van der Waals surface area contributed by atoms with E-state index in [4.69, 9.17) is 5.53 Å². The summed E-state index contributed by atoms with van der Waals surface area (Å²) in [4.78, 5) is 3.11. The van der Waals surface area contributed by atoms with Crippen LogP contribution < -0.4 is 4.72 Å². The molecule has 0 heterocycles. The lowest BCUT2D eigenvalue weighted by Crippen LogP contribution is -2.54. The summed E-state index contributed by atoms with van der Waals surface area (Å²) in [6.45, 7) is 1.91. The number of halogens is 1. The molecule has 20 heavy (non-hydrogen) atoms. The molecule has 0 aliphatic heterocycles. The Morgan fingerprint density at radius 1 is 1.45 bits per heavy atom. The van der Waals surface area contributed by atoms with Crippen LogP contribution in [-0.2, 0) is 10.0 Å². The van der Waals surface area contributed by atoms with E-state index < -0.39 is 15.6 Å². The van der Waals surface area contributed by atoms with Crippen molar-refractivity contribution in [3.8, 4) is 0 Å². The quantitative estimate of drug-likeness (QED) is 0.268. The molecule has 1 aliphatic rings. The van der Waals surface area contributed by atoms with E-state index in [0.29, 0.717) is 17.3 Å². The Kier molecular flexibility index (Phi) is 4.58. The number of hydrogen-bond donors (Lipinski definition) is 1. The van der Waals surface area contributed by atoms with E-state index >= 15 is 0 Å². The number of sulfonamides is 1. The van der Waals surface area contributed by atoms with Crippen molar-refractivity contribution in [2.75, 3.05) is 4.43 Å². The van der Waals surface area contributed by atoms with Gasteiger partial charge in [-0.25, -0.2) is 13.1 Å². The van der Waals surface area contributed by atoms with Crippen LogP contribution in [-0.4, -0.2) is 24.4 Å². The molecule has 108 valence electrons. The third-order valence-electron chi connectivity index (χ3n) is 3.41. The minimum atomic E-state index is -3.50. The number of azide groups is 1.